The lowest BCUT2D eigenvalue weighted by Gasteiger charge is -2.29. The molecule has 3 heterocycles. The average molecular weight is 416 g/mol. The number of pyridine rings is 1. The first-order chi connectivity index (χ1) is 14.6. The summed E-state index contributed by atoms with van der Waals surface area (Å²) in [5.74, 6) is 1.11. The molecule has 0 unspecified atom stereocenters. The van der Waals surface area contributed by atoms with Crippen LogP contribution in [0, 0.1) is 0 Å². The lowest BCUT2D eigenvalue weighted by Crippen LogP contribution is -2.40. The van der Waals surface area contributed by atoms with Gasteiger partial charge in [0.25, 0.3) is 0 Å². The molecule has 0 radical (unpaired) electrons. The highest BCUT2D eigenvalue weighted by molar-refractivity contribution is 5.50. The number of ether oxygens (including phenoxy) is 1. The van der Waals surface area contributed by atoms with Gasteiger partial charge in [-0.3, -0.25) is 4.57 Å². The highest BCUT2D eigenvalue weighted by atomic mass is 16.5. The standard InChI is InChI=1S/C21H33N7O2/c22-8-14-30-16-17-3-4-19(24-15-17)25-20-7-13-28(21(29)26-20)10-2-1-9-27-11-5-18(23)6-12-27/h3-4,7,13,15,18H,1-2,5-6,8-12,14,16,22-23H2,(H,24,25,26,29). The molecule has 1 aliphatic heterocycles. The third-order valence-corrected chi connectivity index (χ3v) is 5.24. The van der Waals surface area contributed by atoms with Crippen LogP contribution in [-0.2, 0) is 17.9 Å². The molecule has 30 heavy (non-hydrogen) atoms. The maximum atomic E-state index is 12.3. The highest BCUT2D eigenvalue weighted by Crippen LogP contribution is 2.12. The summed E-state index contributed by atoms with van der Waals surface area (Å²) >= 11 is 0. The molecule has 0 amide bonds. The molecule has 2 aromatic heterocycles. The van der Waals surface area contributed by atoms with Gasteiger partial charge in [-0.1, -0.05) is 6.07 Å². The fraction of sp³-hybridized carbons (Fsp3) is 0.571. The van der Waals surface area contributed by atoms with Gasteiger partial charge in [0, 0.05) is 31.5 Å². The fourth-order valence-corrected chi connectivity index (χ4v) is 3.45. The molecule has 0 saturated carbocycles. The van der Waals surface area contributed by atoms with Gasteiger partial charge in [-0.2, -0.15) is 4.98 Å². The van der Waals surface area contributed by atoms with Gasteiger partial charge in [-0.25, -0.2) is 9.78 Å². The van der Waals surface area contributed by atoms with E-state index in [0.29, 0.717) is 44.0 Å². The van der Waals surface area contributed by atoms with Gasteiger partial charge in [-0.05, 0) is 63.0 Å². The molecule has 2 aromatic rings. The molecule has 0 atom stereocenters. The van der Waals surface area contributed by atoms with E-state index in [2.05, 4.69) is 20.2 Å². The number of hydrogen-bond acceptors (Lipinski definition) is 8. The Balaban J connectivity index is 1.42. The van der Waals surface area contributed by atoms with Crippen LogP contribution in [0.25, 0.3) is 0 Å². The quantitative estimate of drug-likeness (QED) is 0.465. The monoisotopic (exact) mass is 415 g/mol. The number of piperidine rings is 1. The van der Waals surface area contributed by atoms with Gasteiger partial charge in [0.1, 0.15) is 11.6 Å². The van der Waals surface area contributed by atoms with Crippen LogP contribution in [0.2, 0.25) is 0 Å². The Hall–Kier alpha value is -2.33. The van der Waals surface area contributed by atoms with E-state index in [-0.39, 0.29) is 5.69 Å². The Bertz CT molecular complexity index is 817. The van der Waals surface area contributed by atoms with Crippen molar-refractivity contribution in [2.75, 3.05) is 38.1 Å². The van der Waals surface area contributed by atoms with Crippen molar-refractivity contribution in [3.63, 3.8) is 0 Å². The van der Waals surface area contributed by atoms with Crippen molar-refractivity contribution in [1.29, 1.82) is 0 Å². The summed E-state index contributed by atoms with van der Waals surface area (Å²) < 4.78 is 7.04. The van der Waals surface area contributed by atoms with Crippen molar-refractivity contribution in [2.45, 2.75) is 44.9 Å². The van der Waals surface area contributed by atoms with Crippen LogP contribution in [0.1, 0.15) is 31.2 Å². The summed E-state index contributed by atoms with van der Waals surface area (Å²) in [5, 5.41) is 3.07. The third kappa shape index (κ3) is 7.17. The number of unbranched alkanes of at least 4 members (excludes halogenated alkanes) is 1. The van der Waals surface area contributed by atoms with Gasteiger partial charge in [0.2, 0.25) is 0 Å². The van der Waals surface area contributed by atoms with Crippen LogP contribution in [0.3, 0.4) is 0 Å². The summed E-state index contributed by atoms with van der Waals surface area (Å²) in [6.45, 7) is 5.40. The van der Waals surface area contributed by atoms with Gasteiger partial charge in [0.05, 0.1) is 13.2 Å². The Morgan fingerprint density at radius 2 is 1.93 bits per heavy atom. The smallest absolute Gasteiger partial charge is 0.349 e. The van der Waals surface area contributed by atoms with E-state index in [0.717, 1.165) is 50.9 Å². The lowest BCUT2D eigenvalue weighted by atomic mass is 10.1. The van der Waals surface area contributed by atoms with Crippen LogP contribution in [0.4, 0.5) is 11.6 Å². The number of hydrogen-bond donors (Lipinski definition) is 3. The summed E-state index contributed by atoms with van der Waals surface area (Å²) in [6, 6.07) is 5.92. The van der Waals surface area contributed by atoms with Crippen molar-refractivity contribution in [3.8, 4) is 0 Å². The lowest BCUT2D eigenvalue weighted by molar-refractivity contribution is 0.128. The number of likely N-dealkylation sites (tertiary alicyclic amines) is 1. The number of anilines is 2. The molecular weight excluding hydrogens is 382 g/mol. The van der Waals surface area contributed by atoms with E-state index in [9.17, 15) is 4.79 Å². The molecule has 164 valence electrons. The molecule has 9 heteroatoms. The Kier molecular flexibility index (Phi) is 8.76. The molecule has 5 N–H and O–H groups in total. The van der Waals surface area contributed by atoms with Crippen LogP contribution in [-0.4, -0.2) is 58.3 Å². The van der Waals surface area contributed by atoms with Gasteiger partial charge < -0.3 is 26.4 Å². The second kappa shape index (κ2) is 11.8. The summed E-state index contributed by atoms with van der Waals surface area (Å²) in [7, 11) is 0. The van der Waals surface area contributed by atoms with Gasteiger partial charge in [0.15, 0.2) is 0 Å². The van der Waals surface area contributed by atoms with Gasteiger partial charge in [-0.15, -0.1) is 0 Å². The Morgan fingerprint density at radius 1 is 1.13 bits per heavy atom. The SMILES string of the molecule is NCCOCc1ccc(Nc2ccn(CCCCN3CCC(N)CC3)c(=O)n2)nc1. The van der Waals surface area contributed by atoms with Crippen LogP contribution >= 0.6 is 0 Å². The van der Waals surface area contributed by atoms with Crippen LogP contribution < -0.4 is 22.5 Å². The normalized spacial score (nSPS) is 15.4. The molecule has 9 nitrogen and oxygen atoms in total. The molecule has 1 saturated heterocycles. The predicted octanol–water partition coefficient (Wildman–Crippen LogP) is 1.06. The number of aryl methyl sites for hydroxylation is 1. The fourth-order valence-electron chi connectivity index (χ4n) is 3.45. The number of nitrogens with one attached hydrogen (secondary N) is 1. The van der Waals surface area contributed by atoms with E-state index >= 15 is 0 Å². The minimum absolute atomic E-state index is 0.254. The first kappa shape index (κ1) is 22.4. The minimum atomic E-state index is -0.254. The van der Waals surface area contributed by atoms with Crippen LogP contribution in [0.15, 0.2) is 35.4 Å². The summed E-state index contributed by atoms with van der Waals surface area (Å²) in [5.41, 5.74) is 12.1. The van der Waals surface area contributed by atoms with Crippen molar-refractivity contribution in [2.24, 2.45) is 11.5 Å². The number of nitrogens with two attached hydrogens (primary N) is 2. The number of aromatic nitrogens is 3. The summed E-state index contributed by atoms with van der Waals surface area (Å²) in [4.78, 5) is 23.2. The van der Waals surface area contributed by atoms with E-state index in [1.165, 1.54) is 0 Å². The largest absolute Gasteiger partial charge is 0.375 e. The topological polar surface area (TPSA) is 124 Å². The zero-order valence-electron chi connectivity index (χ0n) is 17.5. The second-order valence-electron chi connectivity index (χ2n) is 7.69. The maximum Gasteiger partial charge on any atom is 0.349 e. The van der Waals surface area contributed by atoms with Gasteiger partial charge >= 0.3 is 5.69 Å². The molecule has 0 bridgehead atoms. The molecule has 0 aromatic carbocycles. The van der Waals surface area contributed by atoms with E-state index in [1.807, 2.05) is 12.1 Å². The van der Waals surface area contributed by atoms with E-state index in [4.69, 9.17) is 16.2 Å². The zero-order chi connectivity index (χ0) is 21.2. The van der Waals surface area contributed by atoms with Crippen molar-refractivity contribution in [1.82, 2.24) is 19.4 Å². The molecule has 1 fully saturated rings. The van der Waals surface area contributed by atoms with E-state index < -0.39 is 0 Å². The van der Waals surface area contributed by atoms with Crippen LogP contribution in [0.5, 0.6) is 0 Å². The second-order valence-corrected chi connectivity index (χ2v) is 7.69. The van der Waals surface area contributed by atoms with E-state index in [1.54, 1.807) is 23.0 Å². The number of nitrogens with zero attached hydrogens (tertiary/aromatic N) is 4. The Labute approximate surface area is 177 Å². The average Bonchev–Trinajstić information content (AvgIpc) is 2.75. The molecule has 0 spiro atoms. The zero-order valence-corrected chi connectivity index (χ0v) is 17.5. The van der Waals surface area contributed by atoms with Crippen molar-refractivity contribution >= 4 is 11.6 Å². The Morgan fingerprint density at radius 3 is 2.63 bits per heavy atom. The number of rotatable bonds is 11. The summed E-state index contributed by atoms with van der Waals surface area (Å²) in [6.07, 6.45) is 7.69. The first-order valence-corrected chi connectivity index (χ1v) is 10.7. The van der Waals surface area contributed by atoms with Crippen molar-refractivity contribution < 1.29 is 4.74 Å². The minimum Gasteiger partial charge on any atom is -0.375 e. The predicted molar refractivity (Wildman–Crippen MR) is 118 cm³/mol. The molecule has 1 aliphatic rings. The third-order valence-electron chi connectivity index (χ3n) is 5.24. The van der Waals surface area contributed by atoms with Crippen molar-refractivity contribution in [3.05, 3.63) is 46.6 Å². The maximum absolute atomic E-state index is 12.3. The molecule has 3 rings (SSSR count). The molecular formula is C21H33N7O2. The first-order valence-electron chi connectivity index (χ1n) is 10.7. The molecule has 0 aliphatic carbocycles. The highest BCUT2D eigenvalue weighted by Gasteiger charge is 2.15.